The molecule has 0 aliphatic carbocycles. The summed E-state index contributed by atoms with van der Waals surface area (Å²) >= 11 is 0. The van der Waals surface area contributed by atoms with Crippen LogP contribution < -0.4 is 10.1 Å². The largest absolute Gasteiger partial charge is 0.494 e. The third-order valence-electron chi connectivity index (χ3n) is 4.46. The molecular weight excluding hydrogens is 318 g/mol. The van der Waals surface area contributed by atoms with Crippen LogP contribution in [0.25, 0.3) is 0 Å². The van der Waals surface area contributed by atoms with Crippen LogP contribution in [0.4, 0.5) is 5.82 Å². The smallest absolute Gasteiger partial charge is 0.226 e. The second-order valence-electron chi connectivity index (χ2n) is 6.32. The van der Waals surface area contributed by atoms with Crippen LogP contribution in [0.2, 0.25) is 0 Å². The molecule has 6 nitrogen and oxygen atoms in total. The van der Waals surface area contributed by atoms with E-state index in [9.17, 15) is 4.79 Å². The predicted octanol–water partition coefficient (Wildman–Crippen LogP) is 3.55. The fourth-order valence-corrected chi connectivity index (χ4v) is 3.30. The van der Waals surface area contributed by atoms with Gasteiger partial charge in [0, 0.05) is 25.1 Å². The van der Waals surface area contributed by atoms with Gasteiger partial charge in [-0.3, -0.25) is 9.69 Å². The summed E-state index contributed by atoms with van der Waals surface area (Å²) in [5.41, 5.74) is 1.29. The number of nitrogens with zero attached hydrogens (tertiary/aromatic N) is 2. The van der Waals surface area contributed by atoms with Gasteiger partial charge in [-0.1, -0.05) is 17.3 Å². The van der Waals surface area contributed by atoms with Crippen molar-refractivity contribution in [3.63, 3.8) is 0 Å². The number of likely N-dealkylation sites (tertiary alicyclic amines) is 1. The van der Waals surface area contributed by atoms with Gasteiger partial charge in [0.05, 0.1) is 6.61 Å². The van der Waals surface area contributed by atoms with E-state index in [0.29, 0.717) is 30.6 Å². The molecule has 2 heterocycles. The van der Waals surface area contributed by atoms with E-state index in [0.717, 1.165) is 31.7 Å². The van der Waals surface area contributed by atoms with Gasteiger partial charge >= 0.3 is 0 Å². The number of amides is 1. The molecule has 134 valence electrons. The van der Waals surface area contributed by atoms with E-state index in [1.807, 2.05) is 19.1 Å². The number of nitrogens with one attached hydrogen (secondary N) is 1. The first-order chi connectivity index (χ1) is 12.2. The van der Waals surface area contributed by atoms with Gasteiger partial charge in [-0.15, -0.1) is 0 Å². The maximum absolute atomic E-state index is 12.1. The second-order valence-corrected chi connectivity index (χ2v) is 6.32. The highest BCUT2D eigenvalue weighted by Gasteiger charge is 2.26. The van der Waals surface area contributed by atoms with Crippen molar-refractivity contribution in [2.45, 2.75) is 39.2 Å². The number of ether oxygens (including phenoxy) is 1. The molecule has 1 N–H and O–H groups in total. The molecule has 25 heavy (non-hydrogen) atoms. The summed E-state index contributed by atoms with van der Waals surface area (Å²) in [6.07, 6.45) is 2.72. The van der Waals surface area contributed by atoms with Gasteiger partial charge in [0.25, 0.3) is 0 Å². The molecule has 1 aliphatic rings. The summed E-state index contributed by atoms with van der Waals surface area (Å²) < 4.78 is 10.5. The summed E-state index contributed by atoms with van der Waals surface area (Å²) in [7, 11) is 0. The average Bonchev–Trinajstić information content (AvgIpc) is 3.23. The number of benzene rings is 1. The van der Waals surface area contributed by atoms with Crippen LogP contribution in [0.3, 0.4) is 0 Å². The molecule has 0 bridgehead atoms. The zero-order chi connectivity index (χ0) is 17.6. The predicted molar refractivity (Wildman–Crippen MR) is 95.6 cm³/mol. The van der Waals surface area contributed by atoms with Gasteiger partial charge in [-0.25, -0.2) is 0 Å². The molecule has 1 aromatic heterocycles. The fraction of sp³-hybridized carbons (Fsp3) is 0.474. The number of anilines is 1. The Bertz CT molecular complexity index is 696. The van der Waals surface area contributed by atoms with Crippen molar-refractivity contribution in [2.75, 3.05) is 25.0 Å². The quantitative estimate of drug-likeness (QED) is 0.833. The van der Waals surface area contributed by atoms with Gasteiger partial charge in [-0.2, -0.15) is 0 Å². The Hall–Kier alpha value is -2.34. The molecule has 6 heteroatoms. The third-order valence-corrected chi connectivity index (χ3v) is 4.46. The molecule has 0 radical (unpaired) electrons. The molecule has 0 spiro atoms. The average molecular weight is 343 g/mol. The molecule has 1 amide bonds. The Labute approximate surface area is 148 Å². The summed E-state index contributed by atoms with van der Waals surface area (Å²) in [4.78, 5) is 14.5. The Balaban J connectivity index is 1.53. The number of hydrogen-bond acceptors (Lipinski definition) is 5. The lowest BCUT2D eigenvalue weighted by molar-refractivity contribution is -0.116. The van der Waals surface area contributed by atoms with E-state index in [1.165, 1.54) is 5.56 Å². The molecule has 2 aromatic rings. The fourth-order valence-electron chi connectivity index (χ4n) is 3.30. The van der Waals surface area contributed by atoms with E-state index in [-0.39, 0.29) is 5.91 Å². The number of rotatable bonds is 7. The van der Waals surface area contributed by atoms with Crippen LogP contribution >= 0.6 is 0 Å². The SMILES string of the molecule is CCOc1ccc(C2CCCN2CCC(=O)Nc2cc(C)on2)cc1. The van der Waals surface area contributed by atoms with Crippen LogP contribution in [-0.4, -0.2) is 35.7 Å². The maximum atomic E-state index is 12.1. The lowest BCUT2D eigenvalue weighted by atomic mass is 10.0. The van der Waals surface area contributed by atoms with Crippen molar-refractivity contribution in [1.29, 1.82) is 0 Å². The minimum absolute atomic E-state index is 0.0364. The van der Waals surface area contributed by atoms with E-state index >= 15 is 0 Å². The normalized spacial score (nSPS) is 17.6. The van der Waals surface area contributed by atoms with Crippen LogP contribution in [-0.2, 0) is 4.79 Å². The number of aromatic nitrogens is 1. The molecule has 1 aliphatic heterocycles. The van der Waals surface area contributed by atoms with Gasteiger partial charge in [0.2, 0.25) is 5.91 Å². The third kappa shape index (κ3) is 4.60. The van der Waals surface area contributed by atoms with Crippen molar-refractivity contribution in [1.82, 2.24) is 10.1 Å². The Morgan fingerprint density at radius 2 is 2.20 bits per heavy atom. The van der Waals surface area contributed by atoms with E-state index in [1.54, 1.807) is 13.0 Å². The minimum Gasteiger partial charge on any atom is -0.494 e. The summed E-state index contributed by atoms with van der Waals surface area (Å²) in [5, 5.41) is 6.56. The first-order valence-corrected chi connectivity index (χ1v) is 8.85. The van der Waals surface area contributed by atoms with Crippen LogP contribution in [0.5, 0.6) is 5.75 Å². The highest BCUT2D eigenvalue weighted by atomic mass is 16.5. The van der Waals surface area contributed by atoms with Gasteiger partial charge in [-0.05, 0) is 50.9 Å². The van der Waals surface area contributed by atoms with Crippen molar-refractivity contribution < 1.29 is 14.1 Å². The van der Waals surface area contributed by atoms with E-state index in [4.69, 9.17) is 9.26 Å². The van der Waals surface area contributed by atoms with Crippen LogP contribution in [0, 0.1) is 6.92 Å². The highest BCUT2D eigenvalue weighted by molar-refractivity contribution is 5.89. The van der Waals surface area contributed by atoms with Gasteiger partial charge in [0.15, 0.2) is 5.82 Å². The summed E-state index contributed by atoms with van der Waals surface area (Å²) in [5.74, 6) is 2.03. The Kier molecular flexibility index (Phi) is 5.71. The van der Waals surface area contributed by atoms with E-state index < -0.39 is 0 Å². The van der Waals surface area contributed by atoms with Crippen molar-refractivity contribution >= 4 is 11.7 Å². The summed E-state index contributed by atoms with van der Waals surface area (Å²) in [6, 6.07) is 10.4. The van der Waals surface area contributed by atoms with Crippen molar-refractivity contribution in [3.05, 3.63) is 41.7 Å². The molecule has 1 aromatic carbocycles. The zero-order valence-electron chi connectivity index (χ0n) is 14.8. The first-order valence-electron chi connectivity index (χ1n) is 8.85. The minimum atomic E-state index is -0.0364. The molecular formula is C19H25N3O3. The molecule has 1 fully saturated rings. The lowest BCUT2D eigenvalue weighted by Gasteiger charge is -2.24. The van der Waals surface area contributed by atoms with E-state index in [2.05, 4.69) is 27.5 Å². The zero-order valence-corrected chi connectivity index (χ0v) is 14.8. The maximum Gasteiger partial charge on any atom is 0.226 e. The van der Waals surface area contributed by atoms with Crippen LogP contribution in [0.15, 0.2) is 34.9 Å². The standard InChI is InChI=1S/C19H25N3O3/c1-3-24-16-8-6-15(7-9-16)17-5-4-11-22(17)12-10-19(23)20-18-13-14(2)25-21-18/h6-9,13,17H,3-5,10-12H2,1-2H3,(H,20,21,23). The molecule has 0 saturated carbocycles. The molecule has 1 atom stereocenters. The molecule has 3 rings (SSSR count). The molecule has 1 unspecified atom stereocenters. The number of carbonyl (C=O) groups is 1. The van der Waals surface area contributed by atoms with Crippen molar-refractivity contribution in [3.8, 4) is 5.75 Å². The Morgan fingerprint density at radius 1 is 1.40 bits per heavy atom. The monoisotopic (exact) mass is 343 g/mol. The van der Waals surface area contributed by atoms with Crippen molar-refractivity contribution in [2.24, 2.45) is 0 Å². The topological polar surface area (TPSA) is 67.6 Å². The highest BCUT2D eigenvalue weighted by Crippen LogP contribution is 2.32. The van der Waals surface area contributed by atoms with Gasteiger partial charge < -0.3 is 14.6 Å². The van der Waals surface area contributed by atoms with Gasteiger partial charge in [0.1, 0.15) is 11.5 Å². The Morgan fingerprint density at radius 3 is 2.88 bits per heavy atom. The lowest BCUT2D eigenvalue weighted by Crippen LogP contribution is -2.27. The number of carbonyl (C=O) groups excluding carboxylic acids is 1. The van der Waals surface area contributed by atoms with Crippen LogP contribution in [0.1, 0.15) is 43.6 Å². The first kappa shape index (κ1) is 17.5. The number of hydrogen-bond donors (Lipinski definition) is 1. The molecule has 1 saturated heterocycles. The second kappa shape index (κ2) is 8.16. The number of aryl methyl sites for hydroxylation is 1. The summed E-state index contributed by atoms with van der Waals surface area (Å²) in [6.45, 7) is 6.22.